The molecule has 152 valence electrons. The van der Waals surface area contributed by atoms with Crippen molar-refractivity contribution in [3.8, 4) is 11.5 Å². The number of imide groups is 1. The molecule has 0 radical (unpaired) electrons. The fourth-order valence-corrected chi connectivity index (χ4v) is 4.10. The molecule has 0 spiro atoms. The van der Waals surface area contributed by atoms with Crippen LogP contribution in [-0.2, 0) is 16.1 Å². The highest BCUT2D eigenvalue weighted by Gasteiger charge is 2.36. The highest BCUT2D eigenvalue weighted by atomic mass is 79.9. The van der Waals surface area contributed by atoms with E-state index < -0.39 is 17.1 Å². The first-order valence-corrected chi connectivity index (χ1v) is 9.82. The van der Waals surface area contributed by atoms with Gasteiger partial charge in [-0.1, -0.05) is 0 Å². The topological polar surface area (TPSA) is 95.3 Å². The van der Waals surface area contributed by atoms with Crippen LogP contribution in [0.1, 0.15) is 21.9 Å². The van der Waals surface area contributed by atoms with Crippen LogP contribution < -0.4 is 9.47 Å². The van der Waals surface area contributed by atoms with Gasteiger partial charge >= 0.3 is 5.97 Å². The average Bonchev–Trinajstić information content (AvgIpc) is 3.27. The molecule has 0 N–H and O–H groups in total. The Balaban J connectivity index is 1.82. The fraction of sp³-hybridized carbons (Fsp3) is 0.211. The van der Waals surface area contributed by atoms with Crippen LogP contribution in [0.4, 0.5) is 4.79 Å². The first-order valence-electron chi connectivity index (χ1n) is 8.21. The summed E-state index contributed by atoms with van der Waals surface area (Å²) in [6.07, 6.45) is 1.60. The second kappa shape index (κ2) is 8.75. The highest BCUT2D eigenvalue weighted by Crippen LogP contribution is 2.39. The lowest BCUT2D eigenvalue weighted by atomic mass is 10.2. The molecule has 1 aromatic carbocycles. The van der Waals surface area contributed by atoms with Gasteiger partial charge in [0.05, 0.1) is 37.3 Å². The third kappa shape index (κ3) is 4.33. The molecule has 1 saturated heterocycles. The molecule has 2 amide bonds. The van der Waals surface area contributed by atoms with E-state index in [-0.39, 0.29) is 17.2 Å². The summed E-state index contributed by atoms with van der Waals surface area (Å²) in [5.41, 5.74) is 0.658. The SMILES string of the molecule is COC(=O)c1ccc(CN2C(=O)S/C(=C\c3cc(Br)c(OC)c(OC)c3)C2=O)o1. The molecular formula is C19H16BrNO7S. The summed E-state index contributed by atoms with van der Waals surface area (Å²) >= 11 is 4.22. The van der Waals surface area contributed by atoms with Gasteiger partial charge in [-0.3, -0.25) is 14.5 Å². The Bertz CT molecular complexity index is 1010. The number of benzene rings is 1. The molecule has 10 heteroatoms. The van der Waals surface area contributed by atoms with Gasteiger partial charge in [-0.15, -0.1) is 0 Å². The molecule has 1 fully saturated rings. The minimum atomic E-state index is -0.635. The average molecular weight is 482 g/mol. The van der Waals surface area contributed by atoms with E-state index in [1.165, 1.54) is 33.5 Å². The Morgan fingerprint density at radius 1 is 1.21 bits per heavy atom. The molecule has 1 aliphatic heterocycles. The van der Waals surface area contributed by atoms with Crippen molar-refractivity contribution in [1.82, 2.24) is 4.90 Å². The first kappa shape index (κ1) is 21.0. The fourth-order valence-electron chi connectivity index (χ4n) is 2.64. The normalized spacial score (nSPS) is 15.2. The van der Waals surface area contributed by atoms with Gasteiger partial charge in [-0.05, 0) is 63.6 Å². The molecule has 0 atom stereocenters. The monoisotopic (exact) mass is 481 g/mol. The highest BCUT2D eigenvalue weighted by molar-refractivity contribution is 9.10. The second-order valence-electron chi connectivity index (χ2n) is 5.76. The number of nitrogens with zero attached hydrogens (tertiary/aromatic N) is 1. The molecule has 1 aromatic heterocycles. The standard InChI is InChI=1S/C19H16BrNO7S/c1-25-14-7-10(6-12(20)16(14)26-2)8-15-17(22)21(19(24)29-15)9-11-4-5-13(28-11)18(23)27-3/h4-8H,9H2,1-3H3/b15-8-. The number of amides is 2. The Morgan fingerprint density at radius 2 is 1.97 bits per heavy atom. The maximum absolute atomic E-state index is 12.7. The van der Waals surface area contributed by atoms with Gasteiger partial charge in [0.2, 0.25) is 5.76 Å². The van der Waals surface area contributed by atoms with Gasteiger partial charge in [-0.2, -0.15) is 0 Å². The summed E-state index contributed by atoms with van der Waals surface area (Å²) in [6.45, 7) is -0.0887. The van der Waals surface area contributed by atoms with Crippen LogP contribution in [-0.4, -0.2) is 43.3 Å². The van der Waals surface area contributed by atoms with Crippen LogP contribution in [0, 0.1) is 0 Å². The molecule has 0 saturated carbocycles. The van der Waals surface area contributed by atoms with Crippen LogP contribution in [0.3, 0.4) is 0 Å². The number of carbonyl (C=O) groups excluding carboxylic acids is 3. The van der Waals surface area contributed by atoms with Crippen molar-refractivity contribution >= 4 is 50.9 Å². The summed E-state index contributed by atoms with van der Waals surface area (Å²) in [5.74, 6) is 0.213. The van der Waals surface area contributed by atoms with Crippen molar-refractivity contribution < 1.29 is 33.0 Å². The summed E-state index contributed by atoms with van der Waals surface area (Å²) < 4.78 is 21.1. The van der Waals surface area contributed by atoms with Gasteiger partial charge < -0.3 is 18.6 Å². The number of esters is 1. The lowest BCUT2D eigenvalue weighted by Gasteiger charge is -2.11. The van der Waals surface area contributed by atoms with E-state index in [2.05, 4.69) is 20.7 Å². The van der Waals surface area contributed by atoms with Crippen molar-refractivity contribution in [2.45, 2.75) is 6.54 Å². The van der Waals surface area contributed by atoms with Crippen molar-refractivity contribution in [3.05, 3.63) is 50.7 Å². The van der Waals surface area contributed by atoms with E-state index in [1.54, 1.807) is 18.2 Å². The summed E-state index contributed by atoms with van der Waals surface area (Å²) in [4.78, 5) is 37.8. The predicted molar refractivity (Wildman–Crippen MR) is 109 cm³/mol. The van der Waals surface area contributed by atoms with Gasteiger partial charge in [0, 0.05) is 0 Å². The summed E-state index contributed by atoms with van der Waals surface area (Å²) in [7, 11) is 4.26. The molecule has 2 heterocycles. The zero-order chi connectivity index (χ0) is 21.1. The van der Waals surface area contributed by atoms with E-state index in [0.717, 1.165) is 16.7 Å². The Kier molecular flexibility index (Phi) is 6.33. The molecular weight excluding hydrogens is 466 g/mol. The molecule has 0 aliphatic carbocycles. The number of methoxy groups -OCH3 is 3. The van der Waals surface area contributed by atoms with Gasteiger partial charge in [0.25, 0.3) is 11.1 Å². The number of halogens is 1. The van der Waals surface area contributed by atoms with E-state index in [9.17, 15) is 14.4 Å². The van der Waals surface area contributed by atoms with Gasteiger partial charge in [0.1, 0.15) is 5.76 Å². The number of thioether (sulfide) groups is 1. The number of ether oxygens (including phenoxy) is 3. The zero-order valence-corrected chi connectivity index (χ0v) is 18.1. The third-order valence-electron chi connectivity index (χ3n) is 3.99. The second-order valence-corrected chi connectivity index (χ2v) is 7.61. The molecule has 2 aromatic rings. The van der Waals surface area contributed by atoms with Crippen LogP contribution in [0.2, 0.25) is 0 Å². The quantitative estimate of drug-likeness (QED) is 0.449. The number of carbonyl (C=O) groups is 3. The van der Waals surface area contributed by atoms with Crippen molar-refractivity contribution in [2.24, 2.45) is 0 Å². The number of hydrogen-bond donors (Lipinski definition) is 0. The Morgan fingerprint density at radius 3 is 2.62 bits per heavy atom. The maximum atomic E-state index is 12.7. The van der Waals surface area contributed by atoms with Crippen molar-refractivity contribution in [3.63, 3.8) is 0 Å². The van der Waals surface area contributed by atoms with E-state index in [0.29, 0.717) is 27.3 Å². The minimum absolute atomic E-state index is 0.000177. The summed E-state index contributed by atoms with van der Waals surface area (Å²) in [6, 6.07) is 6.40. The smallest absolute Gasteiger partial charge is 0.373 e. The molecule has 8 nitrogen and oxygen atoms in total. The maximum Gasteiger partial charge on any atom is 0.373 e. The minimum Gasteiger partial charge on any atom is -0.493 e. The zero-order valence-electron chi connectivity index (χ0n) is 15.7. The lowest BCUT2D eigenvalue weighted by molar-refractivity contribution is -0.123. The molecule has 3 rings (SSSR count). The largest absolute Gasteiger partial charge is 0.493 e. The number of furan rings is 1. The van der Waals surface area contributed by atoms with E-state index in [4.69, 9.17) is 13.9 Å². The van der Waals surface area contributed by atoms with Gasteiger partial charge in [-0.25, -0.2) is 4.79 Å². The molecule has 0 unspecified atom stereocenters. The molecule has 0 bridgehead atoms. The van der Waals surface area contributed by atoms with Crippen LogP contribution in [0.5, 0.6) is 11.5 Å². The Hall–Kier alpha value is -2.72. The van der Waals surface area contributed by atoms with Crippen molar-refractivity contribution in [2.75, 3.05) is 21.3 Å². The molecule has 1 aliphatic rings. The third-order valence-corrected chi connectivity index (χ3v) is 5.49. The van der Waals surface area contributed by atoms with Gasteiger partial charge in [0.15, 0.2) is 11.5 Å². The lowest BCUT2D eigenvalue weighted by Crippen LogP contribution is -2.27. The number of hydrogen-bond acceptors (Lipinski definition) is 8. The Labute approximate surface area is 178 Å². The van der Waals surface area contributed by atoms with E-state index >= 15 is 0 Å². The predicted octanol–water partition coefficient (Wildman–Crippen LogP) is 4.08. The number of rotatable bonds is 6. The first-order chi connectivity index (χ1) is 13.9. The summed E-state index contributed by atoms with van der Waals surface area (Å²) in [5, 5.41) is -0.434. The van der Waals surface area contributed by atoms with E-state index in [1.807, 2.05) is 0 Å². The van der Waals surface area contributed by atoms with Crippen LogP contribution in [0.25, 0.3) is 6.08 Å². The van der Waals surface area contributed by atoms with Crippen molar-refractivity contribution in [1.29, 1.82) is 0 Å². The van der Waals surface area contributed by atoms with Crippen LogP contribution in [0.15, 0.2) is 38.1 Å². The van der Waals surface area contributed by atoms with Crippen LogP contribution >= 0.6 is 27.7 Å². The molecule has 29 heavy (non-hydrogen) atoms.